The van der Waals surface area contributed by atoms with E-state index in [1.807, 2.05) is 85.7 Å². The van der Waals surface area contributed by atoms with Gasteiger partial charge in [-0.1, -0.05) is 105 Å². The zero-order valence-corrected chi connectivity index (χ0v) is 38.1. The summed E-state index contributed by atoms with van der Waals surface area (Å²) in [7, 11) is 3.65. The smallest absolute Gasteiger partial charge is 0.255 e. The largest absolute Gasteiger partial charge is 0.331 e. The van der Waals surface area contributed by atoms with Crippen LogP contribution in [-0.2, 0) is 43.3 Å². The number of carbonyl (C=O) groups is 2. The van der Waals surface area contributed by atoms with Gasteiger partial charge >= 0.3 is 0 Å². The highest BCUT2D eigenvalue weighted by Crippen LogP contribution is 2.35. The van der Waals surface area contributed by atoms with Gasteiger partial charge < -0.3 is 24.3 Å². The number of hydrogen-bond acceptors (Lipinski definition) is 6. The number of aryl methyl sites for hydroxylation is 2. The van der Waals surface area contributed by atoms with Crippen molar-refractivity contribution in [2.24, 2.45) is 25.9 Å². The first kappa shape index (κ1) is 44.5. The number of likely N-dealkylation sites (tertiary alicyclic amines) is 1. The number of nitrogens with one attached hydrogen (secondary N) is 1. The lowest BCUT2D eigenvalue weighted by Crippen LogP contribution is -2.53. The molecule has 2 amide bonds. The Kier molecular flexibility index (Phi) is 13.7. The zero-order chi connectivity index (χ0) is 44.1. The lowest BCUT2D eigenvalue weighted by atomic mass is 9.86. The monoisotopic (exact) mass is 853 g/mol. The van der Waals surface area contributed by atoms with Crippen molar-refractivity contribution >= 4 is 33.6 Å². The number of fused-ring (bicyclic) bond motifs is 2. The Morgan fingerprint density at radius 2 is 1.11 bits per heavy atom. The lowest BCUT2D eigenvalue weighted by Gasteiger charge is -2.41. The van der Waals surface area contributed by atoms with Crippen molar-refractivity contribution in [3.8, 4) is 0 Å². The Hall–Kier alpha value is -5.06. The molecule has 5 aromatic rings. The second-order valence-corrected chi connectivity index (χ2v) is 19.6. The van der Waals surface area contributed by atoms with E-state index in [0.717, 1.165) is 119 Å². The van der Waals surface area contributed by atoms with E-state index in [1.165, 1.54) is 18.4 Å². The van der Waals surface area contributed by atoms with Gasteiger partial charge in [-0.2, -0.15) is 0 Å². The number of hydrogen-bond donors (Lipinski definition) is 1. The molecule has 2 unspecified atom stereocenters. The van der Waals surface area contributed by atoms with Gasteiger partial charge in [0.2, 0.25) is 11.8 Å². The standard InChI is InChI=1S/C30H37N3O2.C23H31N3O2/c1-30(17-18-32(22-30)20-23-11-5-3-6-12-23)33(29(35)24-13-7-4-8-14-24)21-26-19-25-15-9-10-16-27(25)31(2)28(26)34;1-23(12-13-24-16-23)26(22(28)17-8-4-3-5-9-17)15-19-14-18-10-6-7-11-20(18)25(2)21(19)27/h3,5-6,9-12,15-16,19,24H,4,7-8,13-14,17-18,20-22H2,1-2H3;6-7,10-11,14,17,24H,3-5,8-9,12-13,15-16H2,1-2H3. The highest BCUT2D eigenvalue weighted by Gasteiger charge is 2.44. The Balaban J connectivity index is 0.000000177. The molecule has 2 saturated heterocycles. The quantitative estimate of drug-likeness (QED) is 0.152. The van der Waals surface area contributed by atoms with Crippen molar-refractivity contribution in [1.29, 1.82) is 0 Å². The second kappa shape index (κ2) is 19.4. The molecule has 4 aliphatic rings. The minimum atomic E-state index is -0.292. The maximum Gasteiger partial charge on any atom is 0.255 e. The summed E-state index contributed by atoms with van der Waals surface area (Å²) in [5, 5.41) is 5.50. The molecule has 9 rings (SSSR count). The summed E-state index contributed by atoms with van der Waals surface area (Å²) in [5.41, 5.74) is 4.03. The number of pyridine rings is 2. The molecule has 4 heterocycles. The first-order valence-electron chi connectivity index (χ1n) is 23.7. The van der Waals surface area contributed by atoms with Crippen molar-refractivity contribution < 1.29 is 9.59 Å². The molecule has 10 heteroatoms. The van der Waals surface area contributed by atoms with Crippen LogP contribution in [0.2, 0.25) is 0 Å². The molecule has 334 valence electrons. The van der Waals surface area contributed by atoms with Crippen molar-refractivity contribution in [2.45, 2.75) is 122 Å². The fourth-order valence-corrected chi connectivity index (χ4v) is 11.0. The van der Waals surface area contributed by atoms with E-state index in [0.29, 0.717) is 24.2 Å². The SMILES string of the molecule is Cn1c(=O)c(CN(C(=O)C2CCCCC2)C2(C)CCN(Cc3ccccc3)C2)cc2ccccc21.Cn1c(=O)c(CN(C(=O)C2CCCCC2)C2(C)CCNC2)cc2ccccc21. The minimum Gasteiger partial charge on any atom is -0.331 e. The number of carbonyl (C=O) groups excluding carboxylic acids is 2. The van der Waals surface area contributed by atoms with E-state index in [4.69, 9.17) is 0 Å². The summed E-state index contributed by atoms with van der Waals surface area (Å²) in [6.07, 6.45) is 12.7. The summed E-state index contributed by atoms with van der Waals surface area (Å²) >= 11 is 0. The van der Waals surface area contributed by atoms with Gasteiger partial charge in [0.05, 0.1) is 35.2 Å². The van der Waals surface area contributed by atoms with E-state index < -0.39 is 0 Å². The summed E-state index contributed by atoms with van der Waals surface area (Å²) in [4.78, 5) is 60.5. The maximum absolute atomic E-state index is 14.0. The van der Waals surface area contributed by atoms with Crippen molar-refractivity contribution in [3.05, 3.63) is 128 Å². The molecule has 3 aromatic carbocycles. The fourth-order valence-electron chi connectivity index (χ4n) is 11.0. The van der Waals surface area contributed by atoms with Crippen molar-refractivity contribution in [1.82, 2.24) is 29.2 Å². The normalized spacial score (nSPS) is 22.2. The van der Waals surface area contributed by atoms with Crippen LogP contribution in [0.4, 0.5) is 0 Å². The average molecular weight is 853 g/mol. The molecule has 10 nitrogen and oxygen atoms in total. The third-order valence-corrected chi connectivity index (χ3v) is 14.9. The number of benzene rings is 3. The van der Waals surface area contributed by atoms with Gasteiger partial charge in [0, 0.05) is 63.2 Å². The molecule has 2 aliphatic heterocycles. The molecule has 2 aromatic heterocycles. The molecule has 63 heavy (non-hydrogen) atoms. The molecule has 2 aliphatic carbocycles. The van der Waals surface area contributed by atoms with Crippen LogP contribution in [0.5, 0.6) is 0 Å². The topological polar surface area (TPSA) is 99.9 Å². The molecular weight excluding hydrogens is 785 g/mol. The van der Waals surface area contributed by atoms with Crippen molar-refractivity contribution in [3.63, 3.8) is 0 Å². The van der Waals surface area contributed by atoms with Crippen LogP contribution in [-0.4, -0.2) is 72.9 Å². The molecule has 2 saturated carbocycles. The number of aromatic nitrogens is 2. The van der Waals surface area contributed by atoms with Crippen LogP contribution >= 0.6 is 0 Å². The minimum absolute atomic E-state index is 0.00491. The van der Waals surface area contributed by atoms with Gasteiger partial charge in [-0.15, -0.1) is 0 Å². The predicted molar refractivity (Wildman–Crippen MR) is 253 cm³/mol. The molecule has 2 atom stereocenters. The first-order valence-corrected chi connectivity index (χ1v) is 23.7. The summed E-state index contributed by atoms with van der Waals surface area (Å²) in [6, 6.07) is 30.4. The van der Waals surface area contributed by atoms with Crippen LogP contribution in [0.1, 0.15) is 108 Å². The predicted octanol–water partition coefficient (Wildman–Crippen LogP) is 8.31. The summed E-state index contributed by atoms with van der Waals surface area (Å²) < 4.78 is 3.44. The number of nitrogens with zero attached hydrogens (tertiary/aromatic N) is 5. The zero-order valence-electron chi connectivity index (χ0n) is 38.1. The van der Waals surface area contributed by atoms with Gasteiger partial charge in [0.25, 0.3) is 11.1 Å². The van der Waals surface area contributed by atoms with E-state index in [2.05, 4.69) is 53.2 Å². The third-order valence-electron chi connectivity index (χ3n) is 14.9. The van der Waals surface area contributed by atoms with E-state index in [1.54, 1.807) is 9.13 Å². The van der Waals surface area contributed by atoms with Gasteiger partial charge in [-0.25, -0.2) is 0 Å². The van der Waals surface area contributed by atoms with Crippen LogP contribution in [0.3, 0.4) is 0 Å². The highest BCUT2D eigenvalue weighted by atomic mass is 16.2. The van der Waals surface area contributed by atoms with Gasteiger partial charge in [-0.05, 0) is 99.5 Å². The Morgan fingerprint density at radius 1 is 0.635 bits per heavy atom. The van der Waals surface area contributed by atoms with E-state index >= 15 is 0 Å². The van der Waals surface area contributed by atoms with Crippen LogP contribution in [0.15, 0.2) is 101 Å². The second-order valence-electron chi connectivity index (χ2n) is 19.6. The molecule has 1 N–H and O–H groups in total. The van der Waals surface area contributed by atoms with Crippen LogP contribution < -0.4 is 16.4 Å². The van der Waals surface area contributed by atoms with E-state index in [-0.39, 0.29) is 45.8 Å². The van der Waals surface area contributed by atoms with Gasteiger partial charge in [-0.3, -0.25) is 24.1 Å². The first-order chi connectivity index (χ1) is 30.4. The number of rotatable bonds is 10. The third kappa shape index (κ3) is 9.72. The average Bonchev–Trinajstić information content (AvgIpc) is 3.94. The molecule has 4 fully saturated rings. The van der Waals surface area contributed by atoms with Gasteiger partial charge in [0.15, 0.2) is 0 Å². The molecule has 0 bridgehead atoms. The fraction of sp³-hybridized carbons (Fsp3) is 0.509. The van der Waals surface area contributed by atoms with E-state index in [9.17, 15) is 19.2 Å². The Morgan fingerprint density at radius 3 is 1.60 bits per heavy atom. The van der Waals surface area contributed by atoms with Crippen molar-refractivity contribution in [2.75, 3.05) is 26.2 Å². The lowest BCUT2D eigenvalue weighted by molar-refractivity contribution is -0.144. The summed E-state index contributed by atoms with van der Waals surface area (Å²) in [5.74, 6) is 0.661. The number of para-hydroxylation sites is 2. The highest BCUT2D eigenvalue weighted by molar-refractivity contribution is 5.82. The summed E-state index contributed by atoms with van der Waals surface area (Å²) in [6.45, 7) is 9.54. The molecule has 0 spiro atoms. The van der Waals surface area contributed by atoms with Crippen LogP contribution in [0.25, 0.3) is 21.8 Å². The van der Waals surface area contributed by atoms with Gasteiger partial charge in [0.1, 0.15) is 0 Å². The van der Waals surface area contributed by atoms with Crippen LogP contribution in [0, 0.1) is 11.8 Å². The maximum atomic E-state index is 14.0. The molecular formula is C53H68N6O4. The molecule has 0 radical (unpaired) electrons. The number of amides is 2. The Bertz CT molecular complexity index is 2510. The Labute approximate surface area is 373 Å².